The van der Waals surface area contributed by atoms with E-state index in [1.165, 1.54) is 29.8 Å². The molecule has 0 saturated carbocycles. The molecule has 0 unspecified atom stereocenters. The van der Waals surface area contributed by atoms with Crippen molar-refractivity contribution >= 4 is 92.8 Å². The van der Waals surface area contributed by atoms with Crippen LogP contribution in [0, 0.1) is 49.0 Å². The Morgan fingerprint density at radius 1 is 0.303 bits per heavy atom. The van der Waals surface area contributed by atoms with Crippen molar-refractivity contribution in [2.24, 2.45) is 0 Å². The number of phenolic OH excluding ortho intramolecular Hbond substituents is 7. The fourth-order valence-corrected chi connectivity index (χ4v) is 11.1. The van der Waals surface area contributed by atoms with Crippen LogP contribution in [-0.2, 0) is 111 Å². The monoisotopic (exact) mass is 1630 g/mol. The Hall–Kier alpha value is -2.72. The van der Waals surface area contributed by atoms with Gasteiger partial charge in [0.2, 0.25) is 0 Å². The van der Waals surface area contributed by atoms with E-state index in [4.69, 9.17) is 113 Å². The number of phenols is 7. The smallest absolute Gasteiger partial charge is 0.508 e. The second-order valence-electron chi connectivity index (χ2n) is 24.5. The van der Waals surface area contributed by atoms with E-state index in [1.54, 1.807) is 79.7 Å². The molecule has 7 aromatic rings. The molecular weight excluding hydrogens is 1540 g/mol. The normalized spacial score (nSPS) is 10.7. The molecule has 0 heterocycles. The maximum absolute atomic E-state index is 10.7. The molecule has 99 heavy (non-hydrogen) atoms. The Bertz CT molecular complexity index is 3240. The first-order chi connectivity index (χ1) is 44.1. The largest absolute Gasteiger partial charge is 3.00 e. The summed E-state index contributed by atoms with van der Waals surface area (Å²) in [6.45, 7) is 30.5. The minimum absolute atomic E-state index is 0. The number of rotatable bonds is 20. The molecule has 0 spiro atoms. The van der Waals surface area contributed by atoms with Crippen molar-refractivity contribution in [3.8, 4) is 40.2 Å². The van der Waals surface area contributed by atoms with Crippen molar-refractivity contribution in [1.82, 2.24) is 19.6 Å². The van der Waals surface area contributed by atoms with Crippen molar-refractivity contribution in [2.75, 3.05) is 33.2 Å². The van der Waals surface area contributed by atoms with Gasteiger partial charge < -0.3 is 68.5 Å². The zero-order valence-corrected chi connectivity index (χ0v) is 70.1. The summed E-state index contributed by atoms with van der Waals surface area (Å²) >= 11 is 49.7. The number of nitrogens with zero attached hydrogens (tertiary/aromatic N) is 4. The number of likely N-dealkylation sites (N-methyl/N-ethyl adjacent to an activating group) is 1. The van der Waals surface area contributed by atoms with Crippen molar-refractivity contribution in [3.63, 3.8) is 0 Å². The van der Waals surface area contributed by atoms with Gasteiger partial charge in [-0.15, -0.1) is 0 Å². The van der Waals surface area contributed by atoms with Crippen LogP contribution in [0.5, 0.6) is 40.2 Å². The first-order valence-electron chi connectivity index (χ1n) is 30.7. The standard InChI is InChI=1S/C30H24Cl8N2O4.C30H40N2O3.4C3H8O.CH3.3Ti/c31-19-3-15(27(41)23(35)7-19)11-39(12-16-4-20(32)8-24(36)28(16)42)1-2-40(13-17-5-21(33)9-25(37)29(17)43)14-18-6-22(34)10-26(38)30(18)44;1-19-10-25(28(33)13-22(19)4)16-31(7)8-9-32(17-26-11-20(2)23(5)14-29(26)34)18-27-12-21(3)24(6)15-30(27)35;4*1-3(2)4;;;;/h3-10,41-44H,1-2,11-14H2;10-15,33-35H,8-9,16-18H2,1-7H3;4*3-4H,1-2H3;1H3;;;/q;;;;;;-1;;+2;+3. The van der Waals surface area contributed by atoms with Gasteiger partial charge in [-0.3, -0.25) is 14.7 Å². The Morgan fingerprint density at radius 3 is 0.687 bits per heavy atom. The van der Waals surface area contributed by atoms with Crippen molar-refractivity contribution in [3.05, 3.63) is 205 Å². The summed E-state index contributed by atoms with van der Waals surface area (Å²) in [5, 5.41) is 108. The summed E-state index contributed by atoms with van der Waals surface area (Å²) in [5.74, 6) is 0.390. The third-order valence-electron chi connectivity index (χ3n) is 13.8. The number of aromatic hydroxyl groups is 7. The number of benzene rings is 7. The first kappa shape index (κ1) is 100. The Morgan fingerprint density at radius 2 is 0.475 bits per heavy atom. The van der Waals surface area contributed by atoms with E-state index in [0.29, 0.717) is 92.3 Å². The van der Waals surface area contributed by atoms with Gasteiger partial charge in [-0.05, 0) is 204 Å². The molecule has 0 aromatic heterocycles. The SMILES string of the molecule is CC(C)O.CC(C)O.CC(C)O.CC(C)O.Cc1cc(O)c(CN(C)CCN(Cc2cc(C)c(C)cc2O)Cc2cc(C)c(C)cc2O)cc1C.Oc1c(Cl)cc(Cl)cc1CN(CCN(Cc1cc(Cl)cc(Cl)c1O)Cc1cc(Cl)cc(Cl)c1O)Cc1cc(Cl)cc(Cl)c1O.[CH3-].[Ti+2].[Ti+3].[Ti]. The molecule has 7 aromatic carbocycles. The van der Waals surface area contributed by atoms with Gasteiger partial charge in [0.25, 0.3) is 0 Å². The predicted molar refractivity (Wildman–Crippen MR) is 400 cm³/mol. The molecule has 11 N–H and O–H groups in total. The van der Waals surface area contributed by atoms with Gasteiger partial charge in [0.05, 0.1) is 20.1 Å². The maximum atomic E-state index is 10.7. The van der Waals surface area contributed by atoms with Gasteiger partial charge in [-0.1, -0.05) is 111 Å². The van der Waals surface area contributed by atoms with Crippen LogP contribution < -0.4 is 0 Å². The van der Waals surface area contributed by atoms with Crippen LogP contribution in [0.2, 0.25) is 40.2 Å². The number of hydrogen-bond acceptors (Lipinski definition) is 15. The molecule has 0 amide bonds. The van der Waals surface area contributed by atoms with E-state index in [0.717, 1.165) is 57.6 Å². The topological polar surface area (TPSA) is 235 Å². The Labute approximate surface area is 672 Å². The molecule has 0 aliphatic carbocycles. The van der Waals surface area contributed by atoms with E-state index in [1.807, 2.05) is 55.8 Å². The average molecular weight is 1640 g/mol. The summed E-state index contributed by atoms with van der Waals surface area (Å²) in [7, 11) is 2.05. The number of hydrogen-bond donors (Lipinski definition) is 11. The number of halogens is 8. The quantitative estimate of drug-likeness (QED) is 0.0252. The summed E-state index contributed by atoms with van der Waals surface area (Å²) in [6, 6.07) is 23.7. The molecule has 15 nitrogen and oxygen atoms in total. The van der Waals surface area contributed by atoms with Crippen LogP contribution in [0.25, 0.3) is 0 Å². The van der Waals surface area contributed by atoms with Crippen LogP contribution in [0.1, 0.15) is 128 Å². The van der Waals surface area contributed by atoms with Gasteiger partial charge >= 0.3 is 43.4 Å². The maximum Gasteiger partial charge on any atom is 3.00 e. The zero-order chi connectivity index (χ0) is 72.5. The second-order valence-corrected chi connectivity index (χ2v) is 27.9. The summed E-state index contributed by atoms with van der Waals surface area (Å²) < 4.78 is 0. The van der Waals surface area contributed by atoms with E-state index in [2.05, 4.69) is 48.8 Å². The molecule has 7 rings (SSSR count). The van der Waals surface area contributed by atoms with Gasteiger partial charge in [0.15, 0.2) is 0 Å². The number of aliphatic hydroxyl groups excluding tert-OH is 4. The van der Waals surface area contributed by atoms with Crippen molar-refractivity contribution < 1.29 is 121 Å². The van der Waals surface area contributed by atoms with Crippen LogP contribution in [-0.4, -0.2) is 133 Å². The van der Waals surface area contributed by atoms with E-state index >= 15 is 0 Å². The fourth-order valence-electron chi connectivity index (χ4n) is 8.97. The Balaban J connectivity index is -0.00000150. The predicted octanol–water partition coefficient (Wildman–Crippen LogP) is 18.2. The van der Waals surface area contributed by atoms with E-state index in [-0.39, 0.29) is 166 Å². The minimum atomic E-state index is -0.167. The zero-order valence-electron chi connectivity index (χ0n) is 59.4. The van der Waals surface area contributed by atoms with E-state index < -0.39 is 0 Å². The molecule has 26 heteroatoms. The summed E-state index contributed by atoms with van der Waals surface area (Å²) in [4.78, 5) is 8.26. The van der Waals surface area contributed by atoms with Crippen LogP contribution in [0.15, 0.2) is 84.9 Å². The number of aryl methyl sites for hydroxylation is 6. The van der Waals surface area contributed by atoms with Crippen LogP contribution >= 0.6 is 92.8 Å². The molecule has 541 valence electrons. The van der Waals surface area contributed by atoms with Crippen molar-refractivity contribution in [1.29, 1.82) is 0 Å². The summed E-state index contributed by atoms with van der Waals surface area (Å²) in [5.41, 5.74) is 11.1. The molecular formula is C73H99Cl8N4O11Ti3+4. The van der Waals surface area contributed by atoms with Gasteiger partial charge in [-0.25, -0.2) is 0 Å². The van der Waals surface area contributed by atoms with Crippen LogP contribution in [0.3, 0.4) is 0 Å². The van der Waals surface area contributed by atoms with Gasteiger partial charge in [0, 0.05) is 177 Å². The molecule has 0 bridgehead atoms. The number of aliphatic hydroxyl groups is 4. The van der Waals surface area contributed by atoms with E-state index in [9.17, 15) is 35.7 Å². The molecule has 0 fully saturated rings. The molecule has 0 aliphatic heterocycles. The molecule has 0 saturated heterocycles. The third-order valence-corrected chi connectivity index (χ3v) is 15.9. The Kier molecular flexibility index (Phi) is 50.6. The minimum Gasteiger partial charge on any atom is -0.508 e. The average Bonchev–Trinajstić information content (AvgIpc) is 0.834. The third kappa shape index (κ3) is 38.2. The summed E-state index contributed by atoms with van der Waals surface area (Å²) in [6.07, 6.45) is -0.667. The molecule has 1 radical (unpaired) electrons. The first-order valence-corrected chi connectivity index (χ1v) is 33.7. The molecule has 0 aliphatic rings. The van der Waals surface area contributed by atoms with Crippen LogP contribution in [0.4, 0.5) is 0 Å². The second kappa shape index (κ2) is 49.9. The fraction of sp³-hybridized carbons (Fsp3) is 0.411. The van der Waals surface area contributed by atoms with Gasteiger partial charge in [-0.2, -0.15) is 0 Å². The van der Waals surface area contributed by atoms with Gasteiger partial charge in [0.1, 0.15) is 40.2 Å². The molecule has 0 atom stereocenters. The van der Waals surface area contributed by atoms with Crippen molar-refractivity contribution in [2.45, 2.75) is 167 Å².